The standard InChI is InChI=1S/C20H28N4OS2/c1-16-21-19(15-27-16)14-26-12-7-20(25)22-18-5-3-17(4-6-18)13-24-10-8-23(2)9-11-24/h3-6,15H,7-14H2,1-2H3,(H,22,25). The monoisotopic (exact) mass is 404 g/mol. The van der Waals surface area contributed by atoms with Crippen LogP contribution in [0.2, 0.25) is 0 Å². The van der Waals surface area contributed by atoms with Crippen LogP contribution in [0.4, 0.5) is 5.69 Å². The topological polar surface area (TPSA) is 48.5 Å². The SMILES string of the molecule is Cc1nc(CSCCC(=O)Nc2ccc(CN3CCN(C)CC3)cc2)cs1. The molecule has 0 aliphatic carbocycles. The third-order valence-corrected chi connectivity index (χ3v) is 6.44. The molecular formula is C20H28N4OS2. The summed E-state index contributed by atoms with van der Waals surface area (Å²) in [4.78, 5) is 21.4. The van der Waals surface area contributed by atoms with Gasteiger partial charge >= 0.3 is 0 Å². The van der Waals surface area contributed by atoms with Gasteiger partial charge in [0.05, 0.1) is 10.7 Å². The Bertz CT molecular complexity index is 724. The number of aryl methyl sites for hydroxylation is 1. The molecule has 0 bridgehead atoms. The fourth-order valence-corrected chi connectivity index (χ4v) is 4.55. The first kappa shape index (κ1) is 20.3. The zero-order chi connectivity index (χ0) is 19.1. The summed E-state index contributed by atoms with van der Waals surface area (Å²) in [6, 6.07) is 8.25. The van der Waals surface area contributed by atoms with Gasteiger partial charge in [0, 0.05) is 61.7 Å². The molecular weight excluding hydrogens is 376 g/mol. The molecule has 5 nitrogen and oxygen atoms in total. The van der Waals surface area contributed by atoms with E-state index in [1.54, 1.807) is 23.1 Å². The molecule has 0 saturated carbocycles. The van der Waals surface area contributed by atoms with Gasteiger partial charge in [0.2, 0.25) is 5.91 Å². The van der Waals surface area contributed by atoms with Crippen molar-refractivity contribution in [2.24, 2.45) is 0 Å². The molecule has 1 N–H and O–H groups in total. The molecule has 7 heteroatoms. The average molecular weight is 405 g/mol. The van der Waals surface area contributed by atoms with E-state index in [4.69, 9.17) is 0 Å². The summed E-state index contributed by atoms with van der Waals surface area (Å²) in [5, 5.41) is 6.18. The number of likely N-dealkylation sites (N-methyl/N-ethyl adjacent to an activating group) is 1. The van der Waals surface area contributed by atoms with E-state index in [2.05, 4.69) is 44.7 Å². The minimum atomic E-state index is 0.0729. The van der Waals surface area contributed by atoms with Gasteiger partial charge < -0.3 is 10.2 Å². The number of benzene rings is 1. The minimum absolute atomic E-state index is 0.0729. The van der Waals surface area contributed by atoms with Crippen LogP contribution in [0.25, 0.3) is 0 Å². The highest BCUT2D eigenvalue weighted by Gasteiger charge is 2.13. The summed E-state index contributed by atoms with van der Waals surface area (Å²) < 4.78 is 0. The van der Waals surface area contributed by atoms with E-state index in [9.17, 15) is 4.79 Å². The summed E-state index contributed by atoms with van der Waals surface area (Å²) in [6.07, 6.45) is 0.525. The smallest absolute Gasteiger partial charge is 0.225 e. The third-order valence-electron chi connectivity index (χ3n) is 4.63. The first-order valence-electron chi connectivity index (χ1n) is 9.37. The summed E-state index contributed by atoms with van der Waals surface area (Å²) in [7, 11) is 2.17. The number of carbonyl (C=O) groups is 1. The number of amides is 1. The lowest BCUT2D eigenvalue weighted by Gasteiger charge is -2.32. The normalized spacial score (nSPS) is 15.8. The van der Waals surface area contributed by atoms with E-state index in [0.29, 0.717) is 6.42 Å². The number of thioether (sulfide) groups is 1. The van der Waals surface area contributed by atoms with Crippen molar-refractivity contribution in [3.63, 3.8) is 0 Å². The van der Waals surface area contributed by atoms with Crippen LogP contribution in [0.1, 0.15) is 22.7 Å². The van der Waals surface area contributed by atoms with E-state index in [0.717, 1.165) is 60.6 Å². The van der Waals surface area contributed by atoms with Crippen molar-refractivity contribution in [2.75, 3.05) is 44.3 Å². The zero-order valence-electron chi connectivity index (χ0n) is 16.1. The first-order chi connectivity index (χ1) is 13.1. The Morgan fingerprint density at radius 2 is 1.96 bits per heavy atom. The van der Waals surface area contributed by atoms with Crippen molar-refractivity contribution in [3.8, 4) is 0 Å². The number of hydrogen-bond acceptors (Lipinski definition) is 6. The zero-order valence-corrected chi connectivity index (χ0v) is 17.7. The van der Waals surface area contributed by atoms with E-state index >= 15 is 0 Å². The second-order valence-electron chi connectivity index (χ2n) is 6.98. The van der Waals surface area contributed by atoms with Crippen LogP contribution in [0.15, 0.2) is 29.6 Å². The first-order valence-corrected chi connectivity index (χ1v) is 11.4. The lowest BCUT2D eigenvalue weighted by Crippen LogP contribution is -2.43. The quantitative estimate of drug-likeness (QED) is 0.683. The van der Waals surface area contributed by atoms with Gasteiger partial charge in [0.25, 0.3) is 0 Å². The molecule has 27 heavy (non-hydrogen) atoms. The molecule has 1 aromatic heterocycles. The number of piperazine rings is 1. The van der Waals surface area contributed by atoms with Crippen molar-refractivity contribution < 1.29 is 4.79 Å². The van der Waals surface area contributed by atoms with Crippen LogP contribution in [-0.2, 0) is 17.1 Å². The number of hydrogen-bond donors (Lipinski definition) is 1. The second-order valence-corrected chi connectivity index (χ2v) is 9.15. The number of aromatic nitrogens is 1. The number of anilines is 1. The van der Waals surface area contributed by atoms with Crippen LogP contribution in [0, 0.1) is 6.92 Å². The van der Waals surface area contributed by atoms with Gasteiger partial charge in [-0.25, -0.2) is 4.98 Å². The van der Waals surface area contributed by atoms with Gasteiger partial charge in [-0.15, -0.1) is 11.3 Å². The molecule has 1 fully saturated rings. The summed E-state index contributed by atoms with van der Waals surface area (Å²) in [5.74, 6) is 1.76. The molecule has 2 aromatic rings. The van der Waals surface area contributed by atoms with Gasteiger partial charge in [-0.05, 0) is 31.7 Å². The summed E-state index contributed by atoms with van der Waals surface area (Å²) >= 11 is 3.43. The molecule has 0 unspecified atom stereocenters. The van der Waals surface area contributed by atoms with E-state index in [-0.39, 0.29) is 5.91 Å². The highest BCUT2D eigenvalue weighted by Crippen LogP contribution is 2.17. The lowest BCUT2D eigenvalue weighted by atomic mass is 10.1. The van der Waals surface area contributed by atoms with Crippen molar-refractivity contribution >= 4 is 34.7 Å². The van der Waals surface area contributed by atoms with Crippen LogP contribution in [0.5, 0.6) is 0 Å². The largest absolute Gasteiger partial charge is 0.326 e. The van der Waals surface area contributed by atoms with Crippen LogP contribution in [0.3, 0.4) is 0 Å². The highest BCUT2D eigenvalue weighted by molar-refractivity contribution is 7.98. The predicted molar refractivity (Wildman–Crippen MR) is 115 cm³/mol. The Hall–Kier alpha value is -1.41. The third kappa shape index (κ3) is 6.92. The number of rotatable bonds is 8. The van der Waals surface area contributed by atoms with E-state index < -0.39 is 0 Å². The maximum Gasteiger partial charge on any atom is 0.225 e. The van der Waals surface area contributed by atoms with E-state index in [1.807, 2.05) is 19.1 Å². The maximum absolute atomic E-state index is 12.1. The van der Waals surface area contributed by atoms with Crippen molar-refractivity contribution in [1.82, 2.24) is 14.8 Å². The molecule has 0 spiro atoms. The van der Waals surface area contributed by atoms with Gasteiger partial charge in [0.1, 0.15) is 0 Å². The molecule has 1 saturated heterocycles. The fraction of sp³-hybridized carbons (Fsp3) is 0.500. The highest BCUT2D eigenvalue weighted by atomic mass is 32.2. The van der Waals surface area contributed by atoms with E-state index in [1.165, 1.54) is 5.56 Å². The Balaban J connectivity index is 1.35. The van der Waals surface area contributed by atoms with Crippen molar-refractivity contribution in [2.45, 2.75) is 25.6 Å². The fourth-order valence-electron chi connectivity index (χ4n) is 3.00. The summed E-state index contributed by atoms with van der Waals surface area (Å²) in [5.41, 5.74) is 3.28. The molecule has 2 heterocycles. The Morgan fingerprint density at radius 3 is 2.63 bits per heavy atom. The van der Waals surface area contributed by atoms with Crippen molar-refractivity contribution in [3.05, 3.63) is 45.9 Å². The molecule has 0 atom stereocenters. The van der Waals surface area contributed by atoms with Crippen LogP contribution in [-0.4, -0.2) is 59.7 Å². The van der Waals surface area contributed by atoms with Gasteiger partial charge in [-0.3, -0.25) is 9.69 Å². The molecule has 3 rings (SSSR count). The van der Waals surface area contributed by atoms with Crippen LogP contribution >= 0.6 is 23.1 Å². The maximum atomic E-state index is 12.1. The molecule has 1 aliphatic rings. The van der Waals surface area contributed by atoms with Gasteiger partial charge in [-0.1, -0.05) is 12.1 Å². The number of carbonyl (C=O) groups excluding carboxylic acids is 1. The second kappa shape index (κ2) is 10.2. The average Bonchev–Trinajstić information content (AvgIpc) is 3.08. The number of nitrogens with zero attached hydrogens (tertiary/aromatic N) is 3. The number of thiazole rings is 1. The molecule has 0 radical (unpaired) electrons. The Kier molecular flexibility index (Phi) is 7.70. The minimum Gasteiger partial charge on any atom is -0.326 e. The van der Waals surface area contributed by atoms with Crippen molar-refractivity contribution in [1.29, 1.82) is 0 Å². The Morgan fingerprint density at radius 1 is 1.22 bits per heavy atom. The molecule has 1 aromatic carbocycles. The summed E-state index contributed by atoms with van der Waals surface area (Å²) in [6.45, 7) is 7.50. The molecule has 1 amide bonds. The number of nitrogens with one attached hydrogen (secondary N) is 1. The predicted octanol–water partition coefficient (Wildman–Crippen LogP) is 3.46. The van der Waals surface area contributed by atoms with Gasteiger partial charge in [-0.2, -0.15) is 11.8 Å². The molecule has 1 aliphatic heterocycles. The molecule has 146 valence electrons. The van der Waals surface area contributed by atoms with Crippen LogP contribution < -0.4 is 5.32 Å². The Labute approximate surface area is 170 Å². The lowest BCUT2D eigenvalue weighted by molar-refractivity contribution is -0.115. The van der Waals surface area contributed by atoms with Gasteiger partial charge in [0.15, 0.2) is 0 Å².